The Balaban J connectivity index is 1.88. The van der Waals surface area contributed by atoms with Gasteiger partial charge in [-0.3, -0.25) is 0 Å². The number of hydrogen-bond acceptors (Lipinski definition) is 2. The maximum Gasteiger partial charge on any atom is 0.0406 e. The highest BCUT2D eigenvalue weighted by atomic mass is 35.5. The van der Waals surface area contributed by atoms with Crippen molar-refractivity contribution in [2.75, 3.05) is 26.2 Å². The van der Waals surface area contributed by atoms with E-state index in [0.29, 0.717) is 6.04 Å². The summed E-state index contributed by atoms with van der Waals surface area (Å²) in [4.78, 5) is 2.65. The Morgan fingerprint density at radius 3 is 2.29 bits per heavy atom. The molecule has 1 heterocycles. The van der Waals surface area contributed by atoms with Crippen molar-refractivity contribution < 1.29 is 0 Å². The highest BCUT2D eigenvalue weighted by Gasteiger charge is 2.13. The highest BCUT2D eigenvalue weighted by molar-refractivity contribution is 6.30. The standard InChI is InChI=1S/C18H29ClN2/c1-2-20-18(16-8-10-17(19)11-9-16)12-15-21-13-6-4-3-5-7-14-21/h8-11,18,20H,2-7,12-15H2,1H3. The maximum atomic E-state index is 6.00. The first-order valence-electron chi connectivity index (χ1n) is 8.51. The van der Waals surface area contributed by atoms with Gasteiger partial charge >= 0.3 is 0 Å². The molecular weight excluding hydrogens is 280 g/mol. The molecule has 1 aromatic rings. The van der Waals surface area contributed by atoms with Crippen LogP contribution in [-0.4, -0.2) is 31.1 Å². The summed E-state index contributed by atoms with van der Waals surface area (Å²) < 4.78 is 0. The first-order valence-corrected chi connectivity index (χ1v) is 8.88. The second-order valence-electron chi connectivity index (χ2n) is 6.06. The first-order chi connectivity index (χ1) is 10.3. The lowest BCUT2D eigenvalue weighted by Crippen LogP contribution is -2.32. The number of benzene rings is 1. The summed E-state index contributed by atoms with van der Waals surface area (Å²) in [6.07, 6.45) is 8.16. The molecular formula is C18H29ClN2. The lowest BCUT2D eigenvalue weighted by molar-refractivity contribution is 0.234. The second-order valence-corrected chi connectivity index (χ2v) is 6.50. The summed E-state index contributed by atoms with van der Waals surface area (Å²) in [6, 6.07) is 8.75. The average Bonchev–Trinajstić information content (AvgIpc) is 2.46. The van der Waals surface area contributed by atoms with Gasteiger partial charge in [0, 0.05) is 11.1 Å². The first kappa shape index (κ1) is 16.8. The predicted octanol–water partition coefficient (Wildman–Crippen LogP) is 4.65. The van der Waals surface area contributed by atoms with Crippen LogP contribution in [0.15, 0.2) is 24.3 Å². The minimum Gasteiger partial charge on any atom is -0.310 e. The zero-order valence-corrected chi connectivity index (χ0v) is 14.0. The molecule has 0 aromatic heterocycles. The molecule has 1 N–H and O–H groups in total. The predicted molar refractivity (Wildman–Crippen MR) is 92.0 cm³/mol. The molecule has 0 saturated carbocycles. The van der Waals surface area contributed by atoms with Crippen LogP contribution in [0, 0.1) is 0 Å². The minimum absolute atomic E-state index is 0.442. The quantitative estimate of drug-likeness (QED) is 0.823. The van der Waals surface area contributed by atoms with Crippen LogP contribution in [0.2, 0.25) is 5.02 Å². The highest BCUT2D eigenvalue weighted by Crippen LogP contribution is 2.20. The van der Waals surface area contributed by atoms with E-state index in [1.807, 2.05) is 12.1 Å². The Bertz CT molecular complexity index is 383. The van der Waals surface area contributed by atoms with Crippen molar-refractivity contribution in [1.29, 1.82) is 0 Å². The van der Waals surface area contributed by atoms with E-state index in [1.54, 1.807) is 0 Å². The molecule has 118 valence electrons. The summed E-state index contributed by atoms with van der Waals surface area (Å²) in [6.45, 7) is 6.94. The van der Waals surface area contributed by atoms with Crippen molar-refractivity contribution in [3.8, 4) is 0 Å². The molecule has 2 nitrogen and oxygen atoms in total. The van der Waals surface area contributed by atoms with Crippen molar-refractivity contribution >= 4 is 11.6 Å². The van der Waals surface area contributed by atoms with Gasteiger partial charge in [-0.2, -0.15) is 0 Å². The third-order valence-corrected chi connectivity index (χ3v) is 4.66. The van der Waals surface area contributed by atoms with Crippen LogP contribution >= 0.6 is 11.6 Å². The molecule has 0 bridgehead atoms. The molecule has 0 radical (unpaired) electrons. The van der Waals surface area contributed by atoms with Gasteiger partial charge in [0.2, 0.25) is 0 Å². The summed E-state index contributed by atoms with van der Waals surface area (Å²) >= 11 is 6.00. The van der Waals surface area contributed by atoms with Crippen molar-refractivity contribution in [2.45, 2.75) is 51.5 Å². The fourth-order valence-corrected chi connectivity index (χ4v) is 3.30. The molecule has 1 fully saturated rings. The van der Waals surface area contributed by atoms with E-state index in [0.717, 1.165) is 11.6 Å². The molecule has 1 aliphatic heterocycles. The normalized spacial score (nSPS) is 19.0. The number of nitrogens with one attached hydrogen (secondary N) is 1. The molecule has 1 atom stereocenters. The number of likely N-dealkylation sites (tertiary alicyclic amines) is 1. The van der Waals surface area contributed by atoms with E-state index in [2.05, 4.69) is 29.3 Å². The van der Waals surface area contributed by atoms with E-state index < -0.39 is 0 Å². The van der Waals surface area contributed by atoms with Crippen molar-refractivity contribution in [1.82, 2.24) is 10.2 Å². The van der Waals surface area contributed by atoms with Gasteiger partial charge in [0.15, 0.2) is 0 Å². The van der Waals surface area contributed by atoms with Gasteiger partial charge in [-0.1, -0.05) is 49.9 Å². The fourth-order valence-electron chi connectivity index (χ4n) is 3.18. The van der Waals surface area contributed by atoms with Gasteiger partial charge in [-0.05, 0) is 63.1 Å². The van der Waals surface area contributed by atoms with E-state index in [9.17, 15) is 0 Å². The van der Waals surface area contributed by atoms with Crippen LogP contribution in [0.5, 0.6) is 0 Å². The molecule has 0 spiro atoms. The van der Waals surface area contributed by atoms with Gasteiger partial charge < -0.3 is 10.2 Å². The van der Waals surface area contributed by atoms with Gasteiger partial charge in [-0.15, -0.1) is 0 Å². The van der Waals surface area contributed by atoms with Gasteiger partial charge in [-0.25, -0.2) is 0 Å². The lowest BCUT2D eigenvalue weighted by atomic mass is 10.0. The summed E-state index contributed by atoms with van der Waals surface area (Å²) in [5.41, 5.74) is 1.35. The van der Waals surface area contributed by atoms with Crippen LogP contribution in [0.3, 0.4) is 0 Å². The van der Waals surface area contributed by atoms with E-state index in [4.69, 9.17) is 11.6 Å². The summed E-state index contributed by atoms with van der Waals surface area (Å²) in [7, 11) is 0. The molecule has 1 aliphatic rings. The van der Waals surface area contributed by atoms with Gasteiger partial charge in [0.25, 0.3) is 0 Å². The van der Waals surface area contributed by atoms with Crippen molar-refractivity contribution in [3.05, 3.63) is 34.9 Å². The van der Waals surface area contributed by atoms with Crippen molar-refractivity contribution in [2.24, 2.45) is 0 Å². The largest absolute Gasteiger partial charge is 0.310 e. The van der Waals surface area contributed by atoms with E-state index in [1.165, 1.54) is 63.7 Å². The summed E-state index contributed by atoms with van der Waals surface area (Å²) in [5.74, 6) is 0. The SMILES string of the molecule is CCNC(CCN1CCCCCCC1)c1ccc(Cl)cc1. The molecule has 0 aliphatic carbocycles. The maximum absolute atomic E-state index is 6.00. The fraction of sp³-hybridized carbons (Fsp3) is 0.667. The Labute approximate surface area is 134 Å². The number of halogens is 1. The average molecular weight is 309 g/mol. The number of nitrogens with zero attached hydrogens (tertiary/aromatic N) is 1. The van der Waals surface area contributed by atoms with Crippen LogP contribution in [-0.2, 0) is 0 Å². The molecule has 1 aromatic carbocycles. The number of rotatable bonds is 6. The molecule has 1 saturated heterocycles. The van der Waals surface area contributed by atoms with Crippen LogP contribution in [0.1, 0.15) is 57.1 Å². The smallest absolute Gasteiger partial charge is 0.0406 e. The molecule has 1 unspecified atom stereocenters. The van der Waals surface area contributed by atoms with E-state index in [-0.39, 0.29) is 0 Å². The monoisotopic (exact) mass is 308 g/mol. The minimum atomic E-state index is 0.442. The third-order valence-electron chi connectivity index (χ3n) is 4.41. The molecule has 3 heteroatoms. The van der Waals surface area contributed by atoms with Crippen LogP contribution < -0.4 is 5.32 Å². The summed E-state index contributed by atoms with van der Waals surface area (Å²) in [5, 5.41) is 4.43. The Hall–Kier alpha value is -0.570. The van der Waals surface area contributed by atoms with Crippen LogP contribution in [0.4, 0.5) is 0 Å². The molecule has 21 heavy (non-hydrogen) atoms. The Morgan fingerprint density at radius 1 is 1.05 bits per heavy atom. The Morgan fingerprint density at radius 2 is 1.67 bits per heavy atom. The zero-order valence-electron chi connectivity index (χ0n) is 13.3. The zero-order chi connectivity index (χ0) is 14.9. The topological polar surface area (TPSA) is 15.3 Å². The van der Waals surface area contributed by atoms with E-state index >= 15 is 0 Å². The molecule has 2 rings (SSSR count). The van der Waals surface area contributed by atoms with Crippen LogP contribution in [0.25, 0.3) is 0 Å². The van der Waals surface area contributed by atoms with Gasteiger partial charge in [0.1, 0.15) is 0 Å². The number of hydrogen-bond donors (Lipinski definition) is 1. The van der Waals surface area contributed by atoms with Gasteiger partial charge in [0.05, 0.1) is 0 Å². The molecule has 0 amide bonds. The second kappa shape index (κ2) is 9.45. The third kappa shape index (κ3) is 5.98. The Kier molecular flexibility index (Phi) is 7.56. The lowest BCUT2D eigenvalue weighted by Gasteiger charge is -2.27. The van der Waals surface area contributed by atoms with Crippen molar-refractivity contribution in [3.63, 3.8) is 0 Å².